The van der Waals surface area contributed by atoms with E-state index in [4.69, 9.17) is 0 Å². The monoisotopic (exact) mass is 299 g/mol. The normalized spacial score (nSPS) is 10.4. The summed E-state index contributed by atoms with van der Waals surface area (Å²) in [5, 5.41) is 2.93. The summed E-state index contributed by atoms with van der Waals surface area (Å²) in [5.41, 5.74) is 4.72. The molecular weight excluding hydrogens is 278 g/mol. The van der Waals surface area contributed by atoms with E-state index in [-0.39, 0.29) is 5.91 Å². The van der Waals surface area contributed by atoms with Crippen molar-refractivity contribution in [3.63, 3.8) is 0 Å². The number of nitrogens with one attached hydrogen (secondary N) is 1. The number of anilines is 1. The first-order valence-electron chi connectivity index (χ1n) is 7.20. The molecule has 110 valence electrons. The van der Waals surface area contributed by atoms with Gasteiger partial charge in [0.1, 0.15) is 0 Å². The quantitative estimate of drug-likeness (QED) is 0.855. The summed E-state index contributed by atoms with van der Waals surface area (Å²) in [6.45, 7) is 4.22. The van der Waals surface area contributed by atoms with E-state index in [1.807, 2.05) is 24.3 Å². The highest BCUT2D eigenvalue weighted by molar-refractivity contribution is 7.99. The lowest BCUT2D eigenvalue weighted by Gasteiger charge is -2.07. The topological polar surface area (TPSA) is 29.1 Å². The molecule has 0 atom stereocenters. The Hall–Kier alpha value is -1.74. The van der Waals surface area contributed by atoms with Gasteiger partial charge in [-0.3, -0.25) is 4.79 Å². The number of hydrogen-bond acceptors (Lipinski definition) is 2. The number of aryl methyl sites for hydroxylation is 2. The maximum Gasteiger partial charge on any atom is 0.234 e. The van der Waals surface area contributed by atoms with Crippen molar-refractivity contribution in [1.29, 1.82) is 0 Å². The van der Waals surface area contributed by atoms with Crippen LogP contribution in [0.25, 0.3) is 0 Å². The van der Waals surface area contributed by atoms with E-state index in [1.54, 1.807) is 11.8 Å². The van der Waals surface area contributed by atoms with Gasteiger partial charge in [-0.15, -0.1) is 11.8 Å². The highest BCUT2D eigenvalue weighted by Crippen LogP contribution is 2.16. The second-order valence-electron chi connectivity index (χ2n) is 5.02. The number of carbonyl (C=O) groups excluding carboxylic acids is 1. The predicted molar refractivity (Wildman–Crippen MR) is 91.8 cm³/mol. The summed E-state index contributed by atoms with van der Waals surface area (Å²) in [7, 11) is 0. The average Bonchev–Trinajstić information content (AvgIpc) is 2.50. The Kier molecular flexibility index (Phi) is 5.88. The lowest BCUT2D eigenvalue weighted by atomic mass is 10.1. The Morgan fingerprint density at radius 3 is 2.48 bits per heavy atom. The predicted octanol–water partition coefficient (Wildman–Crippen LogP) is 4.43. The molecular formula is C18H21NOS. The Labute approximate surface area is 131 Å². The van der Waals surface area contributed by atoms with Crippen LogP contribution in [-0.2, 0) is 17.0 Å². The van der Waals surface area contributed by atoms with E-state index >= 15 is 0 Å². The third-order valence-electron chi connectivity index (χ3n) is 3.40. The molecule has 0 aliphatic heterocycles. The zero-order chi connectivity index (χ0) is 15.1. The van der Waals surface area contributed by atoms with E-state index < -0.39 is 0 Å². The van der Waals surface area contributed by atoms with Gasteiger partial charge in [-0.2, -0.15) is 0 Å². The first-order chi connectivity index (χ1) is 10.2. The summed E-state index contributed by atoms with van der Waals surface area (Å²) in [6.07, 6.45) is 1.01. The molecule has 2 nitrogen and oxygen atoms in total. The molecule has 2 aromatic carbocycles. The highest BCUT2D eigenvalue weighted by atomic mass is 32.2. The van der Waals surface area contributed by atoms with Crippen LogP contribution in [0.5, 0.6) is 0 Å². The van der Waals surface area contributed by atoms with Gasteiger partial charge in [-0.25, -0.2) is 0 Å². The minimum atomic E-state index is 0.0535. The molecule has 0 aromatic heterocycles. The molecule has 2 rings (SSSR count). The van der Waals surface area contributed by atoms with Crippen molar-refractivity contribution in [1.82, 2.24) is 0 Å². The van der Waals surface area contributed by atoms with Crippen molar-refractivity contribution in [2.45, 2.75) is 26.0 Å². The number of thioether (sulfide) groups is 1. The average molecular weight is 299 g/mol. The number of hydrogen-bond donors (Lipinski definition) is 1. The first-order valence-corrected chi connectivity index (χ1v) is 8.35. The molecule has 0 saturated carbocycles. The van der Waals surface area contributed by atoms with Crippen LogP contribution in [-0.4, -0.2) is 11.7 Å². The fraction of sp³-hybridized carbons (Fsp3) is 0.278. The van der Waals surface area contributed by atoms with Gasteiger partial charge in [-0.1, -0.05) is 43.3 Å². The summed E-state index contributed by atoms with van der Waals surface area (Å²) in [6, 6.07) is 16.3. The molecule has 0 aliphatic carbocycles. The second kappa shape index (κ2) is 7.89. The van der Waals surface area contributed by atoms with Crippen molar-refractivity contribution < 1.29 is 4.79 Å². The molecule has 2 aromatic rings. The summed E-state index contributed by atoms with van der Waals surface area (Å²) in [4.78, 5) is 11.9. The first kappa shape index (κ1) is 15.6. The summed E-state index contributed by atoms with van der Waals surface area (Å²) >= 11 is 1.64. The van der Waals surface area contributed by atoms with Crippen LogP contribution in [0.4, 0.5) is 5.69 Å². The van der Waals surface area contributed by atoms with Crippen molar-refractivity contribution in [2.24, 2.45) is 0 Å². The van der Waals surface area contributed by atoms with Gasteiger partial charge >= 0.3 is 0 Å². The number of benzene rings is 2. The summed E-state index contributed by atoms with van der Waals surface area (Å²) < 4.78 is 0. The van der Waals surface area contributed by atoms with Crippen LogP contribution in [0.2, 0.25) is 0 Å². The highest BCUT2D eigenvalue weighted by Gasteiger charge is 2.04. The zero-order valence-corrected chi connectivity index (χ0v) is 13.4. The van der Waals surface area contributed by atoms with Crippen LogP contribution < -0.4 is 5.32 Å². The van der Waals surface area contributed by atoms with Crippen LogP contribution in [0, 0.1) is 6.92 Å². The zero-order valence-electron chi connectivity index (χ0n) is 12.6. The van der Waals surface area contributed by atoms with E-state index in [0.29, 0.717) is 5.75 Å². The molecule has 0 spiro atoms. The molecule has 21 heavy (non-hydrogen) atoms. The second-order valence-corrected chi connectivity index (χ2v) is 6.00. The van der Waals surface area contributed by atoms with Crippen molar-refractivity contribution in [3.05, 3.63) is 65.2 Å². The minimum Gasteiger partial charge on any atom is -0.325 e. The molecule has 1 N–H and O–H groups in total. The lowest BCUT2D eigenvalue weighted by Crippen LogP contribution is -2.14. The molecule has 0 bridgehead atoms. The maximum absolute atomic E-state index is 11.9. The Balaban J connectivity index is 1.78. The smallest absolute Gasteiger partial charge is 0.234 e. The van der Waals surface area contributed by atoms with Gasteiger partial charge in [0, 0.05) is 11.4 Å². The Bertz CT molecular complexity index is 592. The van der Waals surface area contributed by atoms with Crippen LogP contribution in [0.1, 0.15) is 23.6 Å². The van der Waals surface area contributed by atoms with Gasteiger partial charge in [0.15, 0.2) is 0 Å². The van der Waals surface area contributed by atoms with E-state index in [2.05, 4.69) is 43.4 Å². The van der Waals surface area contributed by atoms with Crippen molar-refractivity contribution >= 4 is 23.4 Å². The number of rotatable bonds is 6. The van der Waals surface area contributed by atoms with E-state index in [0.717, 1.165) is 17.9 Å². The SMILES string of the molecule is CCc1ccc(NC(=O)CSCc2ccccc2C)cc1. The van der Waals surface area contributed by atoms with E-state index in [1.165, 1.54) is 16.7 Å². The summed E-state index contributed by atoms with van der Waals surface area (Å²) in [5.74, 6) is 1.40. The van der Waals surface area contributed by atoms with Crippen LogP contribution in [0.15, 0.2) is 48.5 Å². The van der Waals surface area contributed by atoms with Gasteiger partial charge in [-0.05, 0) is 42.2 Å². The third kappa shape index (κ3) is 4.94. The fourth-order valence-corrected chi connectivity index (χ4v) is 2.95. The van der Waals surface area contributed by atoms with Gasteiger partial charge in [0.05, 0.1) is 5.75 Å². The van der Waals surface area contributed by atoms with Gasteiger partial charge in [0.2, 0.25) is 5.91 Å². The third-order valence-corrected chi connectivity index (χ3v) is 4.38. The van der Waals surface area contributed by atoms with Crippen LogP contribution in [0.3, 0.4) is 0 Å². The molecule has 1 amide bonds. The number of amides is 1. The molecule has 0 heterocycles. The molecule has 0 aliphatic rings. The molecule has 3 heteroatoms. The van der Waals surface area contributed by atoms with Crippen molar-refractivity contribution in [3.8, 4) is 0 Å². The van der Waals surface area contributed by atoms with Crippen LogP contribution >= 0.6 is 11.8 Å². The largest absolute Gasteiger partial charge is 0.325 e. The molecule has 0 radical (unpaired) electrons. The fourth-order valence-electron chi connectivity index (χ4n) is 2.05. The molecule has 0 unspecified atom stereocenters. The van der Waals surface area contributed by atoms with Crippen molar-refractivity contribution in [2.75, 3.05) is 11.1 Å². The standard InChI is InChI=1S/C18H21NOS/c1-3-15-8-10-17(11-9-15)19-18(20)13-21-12-16-7-5-4-6-14(16)2/h4-11H,3,12-13H2,1-2H3,(H,19,20). The Morgan fingerprint density at radius 2 is 1.81 bits per heavy atom. The molecule has 0 fully saturated rings. The number of carbonyl (C=O) groups is 1. The Morgan fingerprint density at radius 1 is 1.10 bits per heavy atom. The minimum absolute atomic E-state index is 0.0535. The van der Waals surface area contributed by atoms with Gasteiger partial charge in [0.25, 0.3) is 0 Å². The maximum atomic E-state index is 11.9. The lowest BCUT2D eigenvalue weighted by molar-refractivity contribution is -0.113. The molecule has 0 saturated heterocycles. The van der Waals surface area contributed by atoms with Gasteiger partial charge < -0.3 is 5.32 Å². The van der Waals surface area contributed by atoms with E-state index in [9.17, 15) is 4.79 Å².